The van der Waals surface area contributed by atoms with E-state index in [9.17, 15) is 4.79 Å². The number of hydrogen-bond donors (Lipinski definition) is 0. The normalized spacial score (nSPS) is 9.83. The van der Waals surface area contributed by atoms with Crippen molar-refractivity contribution in [2.45, 2.75) is 6.92 Å². The zero-order valence-corrected chi connectivity index (χ0v) is 13.2. The van der Waals surface area contributed by atoms with Crippen LogP contribution >= 0.6 is 0 Å². The molecule has 0 atom stereocenters. The molecule has 0 saturated carbocycles. The van der Waals surface area contributed by atoms with E-state index in [-0.39, 0.29) is 19.8 Å². The minimum Gasteiger partial charge on any atom is -0.491 e. The number of nitriles is 1. The Kier molecular flexibility index (Phi) is 6.62. The lowest BCUT2D eigenvalue weighted by molar-refractivity contribution is -0.139. The SMILES string of the molecule is Cc1ccc(OC(=O)COCCOc2ccc(OC#N)cc2)cc1. The molecular formula is C18H17NO5. The van der Waals surface area contributed by atoms with Gasteiger partial charge in [0.1, 0.15) is 30.5 Å². The number of aryl methyl sites for hydroxylation is 1. The number of carbonyl (C=O) groups excluding carboxylic acids is 1. The van der Waals surface area contributed by atoms with Crippen molar-refractivity contribution in [1.82, 2.24) is 0 Å². The Hall–Kier alpha value is -3.04. The van der Waals surface area contributed by atoms with Crippen LogP contribution in [0.4, 0.5) is 0 Å². The number of nitrogens with zero attached hydrogens (tertiary/aromatic N) is 1. The summed E-state index contributed by atoms with van der Waals surface area (Å²) in [5.74, 6) is 1.09. The van der Waals surface area contributed by atoms with E-state index in [4.69, 9.17) is 19.5 Å². The number of hydrogen-bond acceptors (Lipinski definition) is 6. The van der Waals surface area contributed by atoms with Crippen LogP contribution in [-0.2, 0) is 9.53 Å². The second-order valence-corrected chi connectivity index (χ2v) is 4.85. The van der Waals surface area contributed by atoms with Gasteiger partial charge in [0.2, 0.25) is 0 Å². The molecule has 0 N–H and O–H groups in total. The molecule has 24 heavy (non-hydrogen) atoms. The number of esters is 1. The van der Waals surface area contributed by atoms with Crippen LogP contribution < -0.4 is 14.2 Å². The van der Waals surface area contributed by atoms with Gasteiger partial charge in [-0.1, -0.05) is 17.7 Å². The molecule has 0 saturated heterocycles. The summed E-state index contributed by atoms with van der Waals surface area (Å²) in [5.41, 5.74) is 1.09. The van der Waals surface area contributed by atoms with Crippen LogP contribution in [-0.4, -0.2) is 25.8 Å². The van der Waals surface area contributed by atoms with E-state index in [1.807, 2.05) is 19.1 Å². The van der Waals surface area contributed by atoms with Gasteiger partial charge in [-0.3, -0.25) is 0 Å². The van der Waals surface area contributed by atoms with Crippen molar-refractivity contribution >= 4 is 5.97 Å². The Balaban J connectivity index is 1.61. The van der Waals surface area contributed by atoms with Crippen molar-refractivity contribution in [3.63, 3.8) is 0 Å². The molecule has 0 radical (unpaired) electrons. The highest BCUT2D eigenvalue weighted by molar-refractivity contribution is 5.73. The van der Waals surface area contributed by atoms with E-state index in [0.29, 0.717) is 17.2 Å². The van der Waals surface area contributed by atoms with Gasteiger partial charge >= 0.3 is 5.97 Å². The molecule has 6 nitrogen and oxygen atoms in total. The summed E-state index contributed by atoms with van der Waals surface area (Å²) < 4.78 is 20.4. The summed E-state index contributed by atoms with van der Waals surface area (Å²) >= 11 is 0. The Morgan fingerprint density at radius 3 is 2.25 bits per heavy atom. The monoisotopic (exact) mass is 327 g/mol. The topological polar surface area (TPSA) is 77.8 Å². The van der Waals surface area contributed by atoms with Crippen molar-refractivity contribution < 1.29 is 23.7 Å². The van der Waals surface area contributed by atoms with Crippen molar-refractivity contribution in [3.05, 3.63) is 54.1 Å². The first-order valence-electron chi connectivity index (χ1n) is 7.31. The van der Waals surface area contributed by atoms with Crippen LogP contribution in [0.5, 0.6) is 17.2 Å². The minimum absolute atomic E-state index is 0.147. The highest BCUT2D eigenvalue weighted by Gasteiger charge is 2.05. The molecule has 0 fully saturated rings. The van der Waals surface area contributed by atoms with Gasteiger partial charge in [0.15, 0.2) is 0 Å². The number of benzene rings is 2. The van der Waals surface area contributed by atoms with Gasteiger partial charge < -0.3 is 18.9 Å². The van der Waals surface area contributed by atoms with E-state index in [0.717, 1.165) is 5.56 Å². The average molecular weight is 327 g/mol. The fourth-order valence-electron chi connectivity index (χ4n) is 1.80. The molecule has 0 bridgehead atoms. The molecular weight excluding hydrogens is 310 g/mol. The standard InChI is InChI=1S/C18H17NO5/c1-14-2-4-17(5-3-14)24-18(20)12-21-10-11-22-15-6-8-16(9-7-15)23-13-19/h2-9H,10-12H2,1H3. The second-order valence-electron chi connectivity index (χ2n) is 4.85. The molecule has 0 spiro atoms. The summed E-state index contributed by atoms with van der Waals surface area (Å²) in [6, 6.07) is 13.8. The highest BCUT2D eigenvalue weighted by atomic mass is 16.6. The molecule has 0 amide bonds. The van der Waals surface area contributed by atoms with E-state index < -0.39 is 5.97 Å². The van der Waals surface area contributed by atoms with Gasteiger partial charge in [0.05, 0.1) is 6.61 Å². The predicted molar refractivity (Wildman–Crippen MR) is 85.8 cm³/mol. The van der Waals surface area contributed by atoms with E-state index in [1.165, 1.54) is 0 Å². The van der Waals surface area contributed by atoms with Gasteiger partial charge in [-0.05, 0) is 43.3 Å². The molecule has 0 heterocycles. The molecule has 2 aromatic carbocycles. The molecule has 0 aliphatic heterocycles. The Bertz CT molecular complexity index is 689. The Morgan fingerprint density at radius 2 is 1.58 bits per heavy atom. The fraction of sp³-hybridized carbons (Fsp3) is 0.222. The Labute approximate surface area is 140 Å². The molecule has 124 valence electrons. The smallest absolute Gasteiger partial charge is 0.337 e. The zero-order chi connectivity index (χ0) is 17.2. The number of carbonyl (C=O) groups is 1. The van der Waals surface area contributed by atoms with Gasteiger partial charge in [-0.2, -0.15) is 0 Å². The third-order valence-corrected chi connectivity index (χ3v) is 2.96. The molecule has 0 aromatic heterocycles. The second kappa shape index (κ2) is 9.18. The lowest BCUT2D eigenvalue weighted by Gasteiger charge is -2.08. The molecule has 0 aliphatic rings. The van der Waals surface area contributed by atoms with Crippen LogP contribution in [0.2, 0.25) is 0 Å². The molecule has 2 rings (SSSR count). The zero-order valence-electron chi connectivity index (χ0n) is 13.2. The van der Waals surface area contributed by atoms with Gasteiger partial charge in [-0.25, -0.2) is 4.79 Å². The summed E-state index contributed by atoms with van der Waals surface area (Å²) in [6.07, 6.45) is 1.59. The van der Waals surface area contributed by atoms with Crippen molar-refractivity contribution in [1.29, 1.82) is 5.26 Å². The molecule has 0 aliphatic carbocycles. The van der Waals surface area contributed by atoms with Crippen molar-refractivity contribution in [3.8, 4) is 23.5 Å². The molecule has 0 unspecified atom stereocenters. The van der Waals surface area contributed by atoms with Crippen LogP contribution in [0.1, 0.15) is 5.56 Å². The lowest BCUT2D eigenvalue weighted by atomic mass is 10.2. The lowest BCUT2D eigenvalue weighted by Crippen LogP contribution is -2.18. The predicted octanol–water partition coefficient (Wildman–Crippen LogP) is 2.86. The van der Waals surface area contributed by atoms with E-state index in [1.54, 1.807) is 42.7 Å². The summed E-state index contributed by atoms with van der Waals surface area (Å²) in [6.45, 7) is 2.35. The first-order valence-corrected chi connectivity index (χ1v) is 7.31. The maximum Gasteiger partial charge on any atom is 0.337 e. The number of rotatable bonds is 8. The third kappa shape index (κ3) is 5.99. The summed E-state index contributed by atoms with van der Waals surface area (Å²) in [7, 11) is 0. The minimum atomic E-state index is -0.461. The fourth-order valence-corrected chi connectivity index (χ4v) is 1.80. The first-order chi connectivity index (χ1) is 11.7. The third-order valence-electron chi connectivity index (χ3n) is 2.96. The maximum absolute atomic E-state index is 11.6. The number of ether oxygens (including phenoxy) is 4. The molecule has 2 aromatic rings. The van der Waals surface area contributed by atoms with Gasteiger partial charge in [0, 0.05) is 0 Å². The van der Waals surface area contributed by atoms with Crippen LogP contribution in [0.25, 0.3) is 0 Å². The van der Waals surface area contributed by atoms with E-state index in [2.05, 4.69) is 4.74 Å². The summed E-state index contributed by atoms with van der Waals surface area (Å²) in [4.78, 5) is 11.6. The van der Waals surface area contributed by atoms with E-state index >= 15 is 0 Å². The first kappa shape index (κ1) is 17.3. The summed E-state index contributed by atoms with van der Waals surface area (Å²) in [5, 5.41) is 8.38. The van der Waals surface area contributed by atoms with Crippen molar-refractivity contribution in [2.75, 3.05) is 19.8 Å². The average Bonchev–Trinajstić information content (AvgIpc) is 2.58. The van der Waals surface area contributed by atoms with Gasteiger partial charge in [-0.15, -0.1) is 5.26 Å². The van der Waals surface area contributed by atoms with Crippen LogP contribution in [0.15, 0.2) is 48.5 Å². The highest BCUT2D eigenvalue weighted by Crippen LogP contribution is 2.17. The van der Waals surface area contributed by atoms with Gasteiger partial charge in [0.25, 0.3) is 6.26 Å². The van der Waals surface area contributed by atoms with Crippen LogP contribution in [0, 0.1) is 18.4 Å². The maximum atomic E-state index is 11.6. The van der Waals surface area contributed by atoms with Crippen molar-refractivity contribution in [2.24, 2.45) is 0 Å². The molecule has 6 heteroatoms. The largest absolute Gasteiger partial charge is 0.491 e. The Morgan fingerprint density at radius 1 is 0.958 bits per heavy atom. The van der Waals surface area contributed by atoms with Crippen LogP contribution in [0.3, 0.4) is 0 Å². The quantitative estimate of drug-likeness (QED) is 0.321.